The molecule has 6 unspecified atom stereocenters. The van der Waals surface area contributed by atoms with E-state index < -0.39 is 79.8 Å². The number of ether oxygens (including phenoxy) is 3. The minimum atomic E-state index is -6.01. The van der Waals surface area contributed by atoms with Gasteiger partial charge in [-0.15, -0.1) is 0 Å². The maximum atomic E-state index is 13.2. The van der Waals surface area contributed by atoms with Gasteiger partial charge in [-0.3, -0.25) is 19.3 Å². The molecule has 2 heterocycles. The second-order valence-electron chi connectivity index (χ2n) is 14.2. The fourth-order valence-electron chi connectivity index (χ4n) is 5.85. The number of nitrogens with one attached hydrogen (secondary N) is 1. The molecule has 1 aliphatic carbocycles. The Morgan fingerprint density at radius 1 is 0.891 bits per heavy atom. The number of urea groups is 1. The molecule has 2 amide bonds. The molecule has 0 radical (unpaired) electrons. The van der Waals surface area contributed by atoms with E-state index in [1.165, 1.54) is 45.7 Å². The SMILES string of the molecule is C[C@@H](OC(O)C1CCCC1)[C@@H](COP(=O)(O)OP(=O)(O)OP(=O)(O)OP(=O)(O)C(C)(C)C)O[C@H](C)N1C=C2C=C(c3ccc4ccccc4c3)OC2NC1=O. The van der Waals surface area contributed by atoms with Crippen molar-refractivity contribution >= 4 is 53.6 Å². The minimum Gasteiger partial charge on any atom is -0.466 e. The molecule has 3 aliphatic rings. The lowest BCUT2D eigenvalue weighted by molar-refractivity contribution is -0.207. The van der Waals surface area contributed by atoms with Crippen LogP contribution in [0.3, 0.4) is 0 Å². The van der Waals surface area contributed by atoms with Gasteiger partial charge in [0.05, 0.1) is 17.9 Å². The normalized spacial score (nSPS) is 24.5. The third kappa shape index (κ3) is 11.4. The fourth-order valence-corrected chi connectivity index (χ4v) is 11.3. The van der Waals surface area contributed by atoms with E-state index in [-0.39, 0.29) is 5.92 Å². The number of fused-ring (bicyclic) bond motifs is 2. The average Bonchev–Trinajstić information content (AvgIpc) is 3.74. The molecule has 19 nitrogen and oxygen atoms in total. The number of carbonyl (C=O) groups is 1. The summed E-state index contributed by atoms with van der Waals surface area (Å²) < 4.78 is 85.0. The van der Waals surface area contributed by atoms with Gasteiger partial charge in [0.2, 0.25) is 6.23 Å². The second kappa shape index (κ2) is 16.9. The van der Waals surface area contributed by atoms with Crippen molar-refractivity contribution in [1.82, 2.24) is 10.2 Å². The van der Waals surface area contributed by atoms with Crippen LogP contribution in [0.4, 0.5) is 4.79 Å². The molecule has 6 N–H and O–H groups in total. The van der Waals surface area contributed by atoms with Gasteiger partial charge in [0.25, 0.3) is 0 Å². The summed E-state index contributed by atoms with van der Waals surface area (Å²) in [7, 11) is -22.5. The van der Waals surface area contributed by atoms with E-state index >= 15 is 0 Å². The topological polar surface area (TPSA) is 266 Å². The first-order chi connectivity index (χ1) is 25.4. The van der Waals surface area contributed by atoms with Crippen LogP contribution in [0.15, 0.2) is 60.3 Å². The van der Waals surface area contributed by atoms with E-state index in [0.717, 1.165) is 29.2 Å². The molecule has 0 saturated heterocycles. The van der Waals surface area contributed by atoms with Crippen molar-refractivity contribution in [1.29, 1.82) is 0 Å². The first kappa shape index (κ1) is 43.8. The van der Waals surface area contributed by atoms with Gasteiger partial charge in [0, 0.05) is 23.3 Å². The Morgan fingerprint density at radius 2 is 1.51 bits per heavy atom. The zero-order chi connectivity index (χ0) is 40.6. The van der Waals surface area contributed by atoms with E-state index in [0.29, 0.717) is 24.2 Å². The van der Waals surface area contributed by atoms with E-state index in [1.807, 2.05) is 42.5 Å². The van der Waals surface area contributed by atoms with Crippen LogP contribution in [-0.2, 0) is 49.9 Å². The predicted octanol–water partition coefficient (Wildman–Crippen LogP) is 6.44. The maximum Gasteiger partial charge on any atom is 0.490 e. The number of amides is 2. The Labute approximate surface area is 317 Å². The van der Waals surface area contributed by atoms with Crippen molar-refractivity contribution < 1.29 is 79.4 Å². The lowest BCUT2D eigenvalue weighted by atomic mass is 10.1. The molecular formula is C32H46N2O17P4. The Morgan fingerprint density at radius 3 is 2.16 bits per heavy atom. The quantitative estimate of drug-likeness (QED) is 0.0738. The number of benzene rings is 2. The van der Waals surface area contributed by atoms with E-state index in [1.54, 1.807) is 6.08 Å². The summed E-state index contributed by atoms with van der Waals surface area (Å²) in [6.07, 6.45) is 0.742. The molecule has 2 aromatic rings. The molecule has 306 valence electrons. The first-order valence-electron chi connectivity index (χ1n) is 17.2. The Balaban J connectivity index is 1.29. The number of aliphatic hydroxyl groups is 1. The van der Waals surface area contributed by atoms with Gasteiger partial charge in [-0.2, -0.15) is 8.62 Å². The number of hydrogen-bond acceptors (Lipinski definition) is 13. The second-order valence-corrected chi connectivity index (χ2v) is 21.7. The summed E-state index contributed by atoms with van der Waals surface area (Å²) in [6, 6.07) is 13.0. The van der Waals surface area contributed by atoms with Crippen LogP contribution in [-0.4, -0.2) is 78.3 Å². The van der Waals surface area contributed by atoms with Gasteiger partial charge in [-0.05, 0) is 70.4 Å². The number of aliphatic hydroxyl groups excluding tert-OH is 1. The highest BCUT2D eigenvalue weighted by Crippen LogP contribution is 2.73. The van der Waals surface area contributed by atoms with Crippen molar-refractivity contribution in [3.63, 3.8) is 0 Å². The summed E-state index contributed by atoms with van der Waals surface area (Å²) in [4.78, 5) is 54.6. The Kier molecular flexibility index (Phi) is 13.5. The van der Waals surface area contributed by atoms with E-state index in [4.69, 9.17) is 18.7 Å². The number of phosphoric acid groups is 3. The lowest BCUT2D eigenvalue weighted by Gasteiger charge is -2.36. The summed E-state index contributed by atoms with van der Waals surface area (Å²) in [5, 5.41) is 13.9. The number of carbonyl (C=O) groups excluding carboxylic acids is 1. The molecule has 23 heteroatoms. The molecule has 55 heavy (non-hydrogen) atoms. The van der Waals surface area contributed by atoms with E-state index in [9.17, 15) is 47.7 Å². The molecule has 1 fully saturated rings. The van der Waals surface area contributed by atoms with Crippen LogP contribution in [0, 0.1) is 5.92 Å². The maximum absolute atomic E-state index is 13.2. The van der Waals surface area contributed by atoms with E-state index in [2.05, 4.69) is 18.2 Å². The molecule has 1 saturated carbocycles. The van der Waals surface area contributed by atoms with Crippen LogP contribution in [0.1, 0.15) is 65.9 Å². The third-order valence-electron chi connectivity index (χ3n) is 8.98. The standard InChI is InChI=1S/C32H46N2O17P4/c1-20(46-30(35)23-11-7-8-12-23)28(19-45-53(39,40)50-55(43,44)51-54(41,42)49-52(37,38)32(3,4)5)47-21(2)34-18-26-17-27(48-29(26)33-31(34)36)25-15-14-22-10-6-9-13-24(22)16-25/h6,9-10,13-18,20-21,23,28-30,35H,7-8,11-12,19H2,1-5H3,(H,33,36)(H,37,38)(H,39,40)(H,41,42)(H,43,44)/t20-,21-,28-,29?,30?/m1/s1. The molecule has 2 aliphatic heterocycles. The average molecular weight is 855 g/mol. The van der Waals surface area contributed by atoms with Gasteiger partial charge in [0.1, 0.15) is 18.1 Å². The first-order valence-corrected chi connectivity index (χ1v) is 23.3. The summed E-state index contributed by atoms with van der Waals surface area (Å²) >= 11 is 0. The van der Waals surface area contributed by atoms with Crippen molar-refractivity contribution in [2.75, 3.05) is 6.61 Å². The Hall–Kier alpha value is -2.27. The fraction of sp³-hybridized carbons (Fsp3) is 0.531. The van der Waals surface area contributed by atoms with Crippen LogP contribution in [0.2, 0.25) is 0 Å². The molecule has 0 bridgehead atoms. The molecular weight excluding hydrogens is 808 g/mol. The largest absolute Gasteiger partial charge is 0.490 e. The predicted molar refractivity (Wildman–Crippen MR) is 196 cm³/mol. The van der Waals surface area contributed by atoms with Gasteiger partial charge in [-0.25, -0.2) is 22.8 Å². The molecule has 0 aromatic heterocycles. The monoisotopic (exact) mass is 854 g/mol. The van der Waals surface area contributed by atoms with Crippen molar-refractivity contribution in [2.45, 2.75) is 96.4 Å². The highest BCUT2D eigenvalue weighted by molar-refractivity contribution is 7.71. The van der Waals surface area contributed by atoms with Gasteiger partial charge in [-0.1, -0.05) is 49.2 Å². The summed E-state index contributed by atoms with van der Waals surface area (Å²) in [5.74, 6) is 0.315. The van der Waals surface area contributed by atoms with Gasteiger partial charge < -0.3 is 38.9 Å². The summed E-state index contributed by atoms with van der Waals surface area (Å²) in [6.45, 7) is 5.52. The van der Waals surface area contributed by atoms with Crippen molar-refractivity contribution in [2.24, 2.45) is 5.92 Å². The van der Waals surface area contributed by atoms with Crippen LogP contribution >= 0.6 is 31.1 Å². The minimum absolute atomic E-state index is 0.199. The van der Waals surface area contributed by atoms with Crippen LogP contribution in [0.25, 0.3) is 16.5 Å². The molecule has 0 spiro atoms. The third-order valence-corrected chi connectivity index (χ3v) is 16.2. The zero-order valence-electron chi connectivity index (χ0n) is 30.6. The number of rotatable bonds is 17. The molecule has 9 atom stereocenters. The summed E-state index contributed by atoms with van der Waals surface area (Å²) in [5.41, 5.74) is 1.35. The number of hydrogen-bond donors (Lipinski definition) is 6. The lowest BCUT2D eigenvalue weighted by Crippen LogP contribution is -2.52. The highest BCUT2D eigenvalue weighted by atomic mass is 31.3. The highest BCUT2D eigenvalue weighted by Gasteiger charge is 2.49. The Bertz CT molecular complexity index is 2000. The van der Waals surface area contributed by atoms with Gasteiger partial charge >= 0.3 is 37.1 Å². The van der Waals surface area contributed by atoms with Crippen molar-refractivity contribution in [3.8, 4) is 0 Å². The molecule has 2 aromatic carbocycles. The zero-order valence-corrected chi connectivity index (χ0v) is 34.1. The van der Waals surface area contributed by atoms with Crippen LogP contribution in [0.5, 0.6) is 0 Å². The molecule has 5 rings (SSSR count). The van der Waals surface area contributed by atoms with Crippen molar-refractivity contribution in [3.05, 3.63) is 65.9 Å². The number of nitrogens with zero attached hydrogens (tertiary/aromatic N) is 1. The van der Waals surface area contributed by atoms with Gasteiger partial charge in [0.15, 0.2) is 6.29 Å². The van der Waals surface area contributed by atoms with Crippen LogP contribution < -0.4 is 5.32 Å². The number of phosphoric ester groups is 1. The smallest absolute Gasteiger partial charge is 0.466 e.